The van der Waals surface area contributed by atoms with Gasteiger partial charge in [0.05, 0.1) is 49.8 Å². The van der Waals surface area contributed by atoms with Gasteiger partial charge in [-0.2, -0.15) is 0 Å². The summed E-state index contributed by atoms with van der Waals surface area (Å²) in [5.74, 6) is -5.56. The molecule has 2 fully saturated rings. The summed E-state index contributed by atoms with van der Waals surface area (Å²) in [6.07, 6.45) is 5.07. The Kier molecular flexibility index (Phi) is 17.6. The van der Waals surface area contributed by atoms with E-state index in [-0.39, 0.29) is 42.5 Å². The van der Waals surface area contributed by atoms with Crippen LogP contribution in [0.4, 0.5) is 0 Å². The predicted molar refractivity (Wildman–Crippen MR) is 204 cm³/mol. The van der Waals surface area contributed by atoms with E-state index in [2.05, 4.69) is 0 Å². The molecule has 3 aliphatic heterocycles. The molecule has 54 heavy (non-hydrogen) atoms. The highest BCUT2D eigenvalue weighted by molar-refractivity contribution is 5.87. The van der Waals surface area contributed by atoms with Gasteiger partial charge in [0.2, 0.25) is 5.76 Å². The number of cyclic esters (lactones) is 1. The Hall–Kier alpha value is -2.39. The van der Waals surface area contributed by atoms with Crippen molar-refractivity contribution in [3.05, 3.63) is 59.4 Å². The highest BCUT2D eigenvalue weighted by Crippen LogP contribution is 2.42. The minimum Gasteiger partial charge on any atom is -0.490 e. The van der Waals surface area contributed by atoms with E-state index in [4.69, 9.17) is 23.7 Å². The van der Waals surface area contributed by atoms with Crippen LogP contribution in [0.1, 0.15) is 94.4 Å². The van der Waals surface area contributed by atoms with E-state index >= 15 is 0 Å². The standard InChI is InChI=1S/C42H68O12/c1-11-13-35-28(7)37(52-38-20-31(43)19-27(6)51-38)22-42(49,54-35)30(9)39(47)29(8)40-32(44)15-12-14-23(2)16-25(4)33(45)21-34(46)26(5)17-24(3)18-36(50-10)41(48)53-40/h11-15,17-18,25-35,37-40,43-47,49H,16,19-22H2,1-10H3/b13-11+,15-12+,23-14+,24-17+,36-18-/t25-,26-,27+,28-,29+,30+,31-,32+,33-,34+,35-,37-,38-,39-,40-,42-/m1/s1. The third kappa shape index (κ3) is 12.6. The lowest BCUT2D eigenvalue weighted by Gasteiger charge is -2.49. The molecule has 0 spiro atoms. The van der Waals surface area contributed by atoms with Gasteiger partial charge in [0.25, 0.3) is 0 Å². The van der Waals surface area contributed by atoms with Gasteiger partial charge < -0.3 is 54.3 Å². The molecule has 0 unspecified atom stereocenters. The summed E-state index contributed by atoms with van der Waals surface area (Å²) in [7, 11) is 1.32. The third-order valence-corrected chi connectivity index (χ3v) is 11.3. The van der Waals surface area contributed by atoms with Gasteiger partial charge in [0.15, 0.2) is 12.1 Å². The molecule has 0 radical (unpaired) electrons. The SMILES string of the molecule is C/C=C/[C@H]1O[C@@](O)([C@@H](C)[C@H](O)[C@H](C)[C@H]2OC(=O)/C(OC)=C/C(C)=C/[C@@H](C)[C@@H](O)C[C@@H](O)[C@H](C)C/C(C)=C/C=C/[C@@H]2O)C[C@@H](O[C@@H]2C[C@H](O)C[C@H](C)O2)[C@@H]1C. The molecule has 0 bridgehead atoms. The fraction of sp³-hybridized carbons (Fsp3) is 0.738. The molecule has 12 heteroatoms. The highest BCUT2D eigenvalue weighted by Gasteiger charge is 2.52. The fourth-order valence-electron chi connectivity index (χ4n) is 7.72. The van der Waals surface area contributed by atoms with Gasteiger partial charge in [-0.15, -0.1) is 0 Å². The van der Waals surface area contributed by atoms with Gasteiger partial charge in [-0.1, -0.05) is 82.2 Å². The molecule has 3 heterocycles. The van der Waals surface area contributed by atoms with Gasteiger partial charge in [0.1, 0.15) is 12.2 Å². The maximum absolute atomic E-state index is 13.6. The molecule has 0 aromatic rings. The molecule has 12 nitrogen and oxygen atoms in total. The van der Waals surface area contributed by atoms with E-state index in [9.17, 15) is 35.4 Å². The van der Waals surface area contributed by atoms with E-state index in [1.807, 2.05) is 53.7 Å². The largest absolute Gasteiger partial charge is 0.490 e. The van der Waals surface area contributed by atoms with Crippen LogP contribution in [0.15, 0.2) is 59.4 Å². The second-order valence-corrected chi connectivity index (χ2v) is 16.1. The summed E-state index contributed by atoms with van der Waals surface area (Å²) in [5.41, 5.74) is 1.53. The Morgan fingerprint density at radius 1 is 1.02 bits per heavy atom. The maximum Gasteiger partial charge on any atom is 0.373 e. The van der Waals surface area contributed by atoms with Crippen molar-refractivity contribution in [1.29, 1.82) is 0 Å². The van der Waals surface area contributed by atoms with Crippen LogP contribution >= 0.6 is 0 Å². The van der Waals surface area contributed by atoms with Gasteiger partial charge >= 0.3 is 5.97 Å². The summed E-state index contributed by atoms with van der Waals surface area (Å²) in [5, 5.41) is 67.7. The zero-order valence-corrected chi connectivity index (χ0v) is 33.9. The minimum absolute atomic E-state index is 0.0170. The average Bonchev–Trinajstić information content (AvgIpc) is 3.09. The minimum atomic E-state index is -1.91. The number of allylic oxidation sites excluding steroid dienone is 6. The number of methoxy groups -OCH3 is 1. The predicted octanol–water partition coefficient (Wildman–Crippen LogP) is 4.62. The quantitative estimate of drug-likeness (QED) is 0.149. The monoisotopic (exact) mass is 764 g/mol. The number of aliphatic hydroxyl groups is 6. The number of carbonyl (C=O) groups excluding carboxylic acids is 1. The number of aliphatic hydroxyl groups excluding tert-OH is 5. The molecule has 6 N–H and O–H groups in total. The van der Waals surface area contributed by atoms with Crippen LogP contribution in [-0.4, -0.2) is 111 Å². The Morgan fingerprint density at radius 3 is 2.33 bits per heavy atom. The lowest BCUT2D eigenvalue weighted by atomic mass is 9.77. The van der Waals surface area contributed by atoms with Crippen molar-refractivity contribution >= 4 is 5.97 Å². The van der Waals surface area contributed by atoms with Crippen molar-refractivity contribution in [2.24, 2.45) is 29.6 Å². The molecule has 0 aromatic heterocycles. The molecular formula is C42H68O12. The highest BCUT2D eigenvalue weighted by atomic mass is 16.7. The van der Waals surface area contributed by atoms with Crippen molar-refractivity contribution in [2.45, 2.75) is 161 Å². The molecule has 3 rings (SSSR count). The van der Waals surface area contributed by atoms with E-state index in [1.165, 1.54) is 19.3 Å². The molecule has 308 valence electrons. The Morgan fingerprint density at radius 2 is 1.70 bits per heavy atom. The molecular weight excluding hydrogens is 696 g/mol. The van der Waals surface area contributed by atoms with Crippen LogP contribution in [0.3, 0.4) is 0 Å². The Labute approximate surface area is 322 Å². The second kappa shape index (κ2) is 20.7. The first-order valence-electron chi connectivity index (χ1n) is 19.5. The van der Waals surface area contributed by atoms with Crippen molar-refractivity contribution in [1.82, 2.24) is 0 Å². The lowest BCUT2D eigenvalue weighted by Crippen LogP contribution is -2.59. The van der Waals surface area contributed by atoms with Crippen LogP contribution in [-0.2, 0) is 28.5 Å². The van der Waals surface area contributed by atoms with E-state index in [0.717, 1.165) is 5.57 Å². The van der Waals surface area contributed by atoms with Crippen LogP contribution in [0, 0.1) is 29.6 Å². The topological polar surface area (TPSA) is 185 Å². The first-order valence-corrected chi connectivity index (χ1v) is 19.5. The Balaban J connectivity index is 1.96. The third-order valence-electron chi connectivity index (χ3n) is 11.3. The zero-order chi connectivity index (χ0) is 40.5. The van der Waals surface area contributed by atoms with Crippen molar-refractivity contribution in [3.8, 4) is 0 Å². The van der Waals surface area contributed by atoms with Crippen LogP contribution in [0.5, 0.6) is 0 Å². The number of hydrogen-bond acceptors (Lipinski definition) is 12. The van der Waals surface area contributed by atoms with Gasteiger partial charge in [-0.05, 0) is 52.5 Å². The first-order chi connectivity index (χ1) is 25.3. The number of hydrogen-bond donors (Lipinski definition) is 6. The molecule has 0 amide bonds. The van der Waals surface area contributed by atoms with Crippen LogP contribution < -0.4 is 0 Å². The molecule has 0 aromatic carbocycles. The van der Waals surface area contributed by atoms with Gasteiger partial charge in [-0.25, -0.2) is 4.79 Å². The summed E-state index contributed by atoms with van der Waals surface area (Å²) in [4.78, 5) is 13.6. The zero-order valence-electron chi connectivity index (χ0n) is 33.9. The number of carbonyl (C=O) groups is 1. The fourth-order valence-corrected chi connectivity index (χ4v) is 7.72. The van der Waals surface area contributed by atoms with Crippen molar-refractivity contribution in [2.75, 3.05) is 7.11 Å². The maximum atomic E-state index is 13.6. The van der Waals surface area contributed by atoms with Gasteiger partial charge in [-0.3, -0.25) is 0 Å². The normalized spacial score (nSPS) is 43.5. The number of ether oxygens (including phenoxy) is 5. The number of rotatable bonds is 8. The number of esters is 1. The van der Waals surface area contributed by atoms with Crippen molar-refractivity contribution < 1.29 is 59.1 Å². The average molecular weight is 765 g/mol. The van der Waals surface area contributed by atoms with Crippen LogP contribution in [0.25, 0.3) is 0 Å². The summed E-state index contributed by atoms with van der Waals surface area (Å²) in [6, 6.07) is 0. The van der Waals surface area contributed by atoms with Crippen molar-refractivity contribution in [3.63, 3.8) is 0 Å². The summed E-state index contributed by atoms with van der Waals surface area (Å²) < 4.78 is 30.0. The Bertz CT molecular complexity index is 1350. The van der Waals surface area contributed by atoms with E-state index < -0.39 is 78.7 Å². The molecule has 2 saturated heterocycles. The lowest BCUT2D eigenvalue weighted by molar-refractivity contribution is -0.335. The van der Waals surface area contributed by atoms with E-state index in [1.54, 1.807) is 39.0 Å². The van der Waals surface area contributed by atoms with E-state index in [0.29, 0.717) is 24.8 Å². The summed E-state index contributed by atoms with van der Waals surface area (Å²) in [6.45, 7) is 16.3. The van der Waals surface area contributed by atoms with Crippen LogP contribution in [0.2, 0.25) is 0 Å². The molecule has 16 atom stereocenters. The molecule has 0 aliphatic carbocycles. The molecule has 3 aliphatic rings. The molecule has 0 saturated carbocycles. The van der Waals surface area contributed by atoms with Gasteiger partial charge in [0, 0.05) is 42.9 Å². The first kappa shape index (κ1) is 46.0. The summed E-state index contributed by atoms with van der Waals surface area (Å²) >= 11 is 0. The second-order valence-electron chi connectivity index (χ2n) is 16.1. The smallest absolute Gasteiger partial charge is 0.373 e.